The molecule has 154 valence electrons. The van der Waals surface area contributed by atoms with Crippen molar-refractivity contribution in [2.75, 3.05) is 11.6 Å². The minimum Gasteiger partial charge on any atom is -0.480 e. The molecule has 1 N–H and O–H groups in total. The van der Waals surface area contributed by atoms with Crippen LogP contribution in [0.15, 0.2) is 76.8 Å². The highest BCUT2D eigenvalue weighted by atomic mass is 35.5. The number of ether oxygens (including phenoxy) is 1. The smallest absolute Gasteiger partial charge is 0.227 e. The van der Waals surface area contributed by atoms with Crippen LogP contribution in [0.25, 0.3) is 5.70 Å². The van der Waals surface area contributed by atoms with E-state index in [0.717, 1.165) is 39.3 Å². The molecule has 0 unspecified atom stereocenters. The van der Waals surface area contributed by atoms with Crippen LogP contribution in [-0.2, 0) is 0 Å². The molecule has 8 heteroatoms. The molecule has 4 heterocycles. The van der Waals surface area contributed by atoms with Gasteiger partial charge in [-0.25, -0.2) is 4.68 Å². The summed E-state index contributed by atoms with van der Waals surface area (Å²) in [6.07, 6.45) is 1.71. The van der Waals surface area contributed by atoms with Crippen LogP contribution in [0.1, 0.15) is 28.1 Å². The van der Waals surface area contributed by atoms with Gasteiger partial charge in [0.15, 0.2) is 0 Å². The van der Waals surface area contributed by atoms with E-state index >= 15 is 0 Å². The van der Waals surface area contributed by atoms with Crippen LogP contribution < -0.4 is 10.1 Å². The molecule has 0 aliphatic carbocycles. The molecular weight excluding hydrogens is 448 g/mol. The van der Waals surface area contributed by atoms with Crippen molar-refractivity contribution >= 4 is 46.3 Å². The Morgan fingerprint density at radius 2 is 1.94 bits per heavy atom. The van der Waals surface area contributed by atoms with Crippen LogP contribution in [0, 0.1) is 0 Å². The van der Waals surface area contributed by atoms with Crippen LogP contribution >= 0.6 is 34.7 Å². The Kier molecular flexibility index (Phi) is 4.56. The zero-order valence-corrected chi connectivity index (χ0v) is 18.8. The average Bonchev–Trinajstić information content (AvgIpc) is 3.47. The molecule has 0 bridgehead atoms. The number of thioether (sulfide) groups is 1. The lowest BCUT2D eigenvalue weighted by Crippen LogP contribution is -2.32. The summed E-state index contributed by atoms with van der Waals surface area (Å²) in [5.41, 5.74) is 4.23. The van der Waals surface area contributed by atoms with E-state index in [1.54, 1.807) is 11.3 Å². The molecule has 2 aliphatic heterocycles. The zero-order valence-electron chi connectivity index (χ0n) is 16.4. The predicted molar refractivity (Wildman–Crippen MR) is 126 cm³/mol. The molecule has 0 amide bonds. The van der Waals surface area contributed by atoms with E-state index in [1.807, 2.05) is 53.4 Å². The van der Waals surface area contributed by atoms with Gasteiger partial charge in [0.2, 0.25) is 11.1 Å². The Hall–Kier alpha value is -2.74. The third kappa shape index (κ3) is 3.07. The third-order valence-corrected chi connectivity index (χ3v) is 7.24. The summed E-state index contributed by atoms with van der Waals surface area (Å²) in [6.45, 7) is 0. The van der Waals surface area contributed by atoms with E-state index in [2.05, 4.69) is 28.9 Å². The van der Waals surface area contributed by atoms with Crippen LogP contribution in [0.5, 0.6) is 5.75 Å². The number of aromatic nitrogens is 3. The number of hydrogen-bond donors (Lipinski definition) is 1. The number of benzene rings is 2. The Morgan fingerprint density at radius 1 is 1.10 bits per heavy atom. The van der Waals surface area contributed by atoms with Crippen LogP contribution in [-0.4, -0.2) is 21.0 Å². The van der Waals surface area contributed by atoms with Gasteiger partial charge in [0.25, 0.3) is 0 Å². The molecular formula is C23H17ClN4OS2. The van der Waals surface area contributed by atoms with E-state index in [-0.39, 0.29) is 12.1 Å². The van der Waals surface area contributed by atoms with Crippen molar-refractivity contribution in [1.82, 2.24) is 14.8 Å². The quantitative estimate of drug-likeness (QED) is 0.362. The normalized spacial score (nSPS) is 19.2. The number of para-hydroxylation sites is 1. The van der Waals surface area contributed by atoms with Crippen molar-refractivity contribution in [1.29, 1.82) is 0 Å². The van der Waals surface area contributed by atoms with Gasteiger partial charge in [0.1, 0.15) is 17.9 Å². The third-order valence-electron chi connectivity index (χ3n) is 5.53. The van der Waals surface area contributed by atoms with E-state index < -0.39 is 0 Å². The maximum atomic E-state index is 6.60. The minimum atomic E-state index is -0.281. The average molecular weight is 465 g/mol. The number of thiophene rings is 1. The number of nitrogens with zero attached hydrogens (tertiary/aromatic N) is 3. The maximum Gasteiger partial charge on any atom is 0.227 e. The van der Waals surface area contributed by atoms with Gasteiger partial charge in [-0.2, -0.15) is 4.98 Å². The first kappa shape index (κ1) is 19.0. The molecule has 4 aromatic rings. The van der Waals surface area contributed by atoms with Gasteiger partial charge in [-0.05, 0) is 47.5 Å². The summed E-state index contributed by atoms with van der Waals surface area (Å²) in [7, 11) is 0. The number of hydrogen-bond acceptors (Lipinski definition) is 6. The lowest BCUT2D eigenvalue weighted by Gasteiger charge is -2.38. The highest BCUT2D eigenvalue weighted by Crippen LogP contribution is 2.51. The molecule has 2 aromatic heterocycles. The van der Waals surface area contributed by atoms with Crippen molar-refractivity contribution in [3.63, 3.8) is 0 Å². The second-order valence-corrected chi connectivity index (χ2v) is 9.47. The highest BCUT2D eigenvalue weighted by molar-refractivity contribution is 7.98. The second kappa shape index (κ2) is 7.44. The summed E-state index contributed by atoms with van der Waals surface area (Å²) in [5.74, 6) is 1.59. The van der Waals surface area contributed by atoms with E-state index in [1.165, 1.54) is 16.6 Å². The first-order valence-electron chi connectivity index (χ1n) is 9.79. The van der Waals surface area contributed by atoms with E-state index in [0.29, 0.717) is 5.02 Å². The second-order valence-electron chi connectivity index (χ2n) is 7.29. The Balaban J connectivity index is 1.62. The number of nitrogens with one attached hydrogen (secondary N) is 1. The minimum absolute atomic E-state index is 0.117. The molecule has 5 nitrogen and oxygen atoms in total. The lowest BCUT2D eigenvalue weighted by atomic mass is 9.87. The van der Waals surface area contributed by atoms with Gasteiger partial charge in [0.05, 0.1) is 5.70 Å². The highest BCUT2D eigenvalue weighted by Gasteiger charge is 2.41. The summed E-state index contributed by atoms with van der Waals surface area (Å²) in [6, 6.07) is 20.1. The standard InChI is InChI=1S/C23H17ClN4OS2/c1-30-23-26-22-25-19-15-5-2-3-6-16(15)29-21(13-8-10-14(24)11-9-13)18(19)20(28(22)27-23)17-7-4-12-31-17/h2-12,20-21H,1H3,(H,25,26,27)/t20-,21-/m1/s1. The molecule has 2 aromatic carbocycles. The van der Waals surface area contributed by atoms with Crippen LogP contribution in [0.4, 0.5) is 5.95 Å². The SMILES string of the molecule is CSc1nc2n(n1)[C@H](c1cccs1)C1=C(N2)c2ccccc2O[C@@H]1c1ccc(Cl)cc1. The number of anilines is 1. The molecule has 0 radical (unpaired) electrons. The monoisotopic (exact) mass is 464 g/mol. The van der Waals surface area contributed by atoms with Gasteiger partial charge in [-0.3, -0.25) is 0 Å². The molecule has 0 saturated heterocycles. The Labute approximate surface area is 192 Å². The molecule has 31 heavy (non-hydrogen) atoms. The van der Waals surface area contributed by atoms with Gasteiger partial charge in [-0.1, -0.05) is 53.7 Å². The van der Waals surface area contributed by atoms with Crippen molar-refractivity contribution in [2.45, 2.75) is 17.3 Å². The molecule has 6 rings (SSSR count). The summed E-state index contributed by atoms with van der Waals surface area (Å²) >= 11 is 9.42. The topological polar surface area (TPSA) is 52.0 Å². The zero-order chi connectivity index (χ0) is 20.9. The van der Waals surface area contributed by atoms with Crippen molar-refractivity contribution in [2.24, 2.45) is 0 Å². The van der Waals surface area contributed by atoms with Crippen molar-refractivity contribution < 1.29 is 4.74 Å². The van der Waals surface area contributed by atoms with Gasteiger partial charge in [-0.15, -0.1) is 16.4 Å². The molecule has 0 fully saturated rings. The summed E-state index contributed by atoms with van der Waals surface area (Å²) in [5, 5.41) is 11.9. The van der Waals surface area contributed by atoms with Crippen LogP contribution in [0.2, 0.25) is 5.02 Å². The Bertz CT molecular complexity index is 1300. The Morgan fingerprint density at radius 3 is 2.71 bits per heavy atom. The largest absolute Gasteiger partial charge is 0.480 e. The van der Waals surface area contributed by atoms with Gasteiger partial charge in [0, 0.05) is 21.0 Å². The lowest BCUT2D eigenvalue weighted by molar-refractivity contribution is 0.223. The molecule has 2 atom stereocenters. The fraction of sp³-hybridized carbons (Fsp3) is 0.130. The van der Waals surface area contributed by atoms with E-state index in [4.69, 9.17) is 26.4 Å². The first-order chi connectivity index (χ1) is 15.2. The van der Waals surface area contributed by atoms with Crippen molar-refractivity contribution in [3.05, 3.63) is 92.6 Å². The van der Waals surface area contributed by atoms with E-state index in [9.17, 15) is 0 Å². The van der Waals surface area contributed by atoms with Crippen LogP contribution in [0.3, 0.4) is 0 Å². The summed E-state index contributed by atoms with van der Waals surface area (Å²) < 4.78 is 8.58. The predicted octanol–water partition coefficient (Wildman–Crippen LogP) is 6.27. The van der Waals surface area contributed by atoms with Crippen molar-refractivity contribution in [3.8, 4) is 5.75 Å². The molecule has 2 aliphatic rings. The number of halogens is 1. The van der Waals surface area contributed by atoms with Gasteiger partial charge < -0.3 is 10.1 Å². The fourth-order valence-corrected chi connectivity index (χ4v) is 5.48. The fourth-order valence-electron chi connectivity index (χ4n) is 4.18. The number of rotatable bonds is 3. The molecule has 0 spiro atoms. The summed E-state index contributed by atoms with van der Waals surface area (Å²) in [4.78, 5) is 5.91. The first-order valence-corrected chi connectivity index (χ1v) is 12.3. The molecule has 0 saturated carbocycles. The maximum absolute atomic E-state index is 6.60. The van der Waals surface area contributed by atoms with Gasteiger partial charge >= 0.3 is 0 Å². The number of fused-ring (bicyclic) bond motifs is 3.